The highest BCUT2D eigenvalue weighted by molar-refractivity contribution is 6.76. The standard InChI is InChI=1S/C10H18O4Si/c1-15(2,3)8-4-7-14-10(13)6-5-9(11)12/h5-6H,4,7-8H2,1-3H3,(H,11,12)/b6-5+. The van der Waals surface area contributed by atoms with E-state index in [1.54, 1.807) is 0 Å². The summed E-state index contributed by atoms with van der Waals surface area (Å²) in [5.41, 5.74) is 0. The van der Waals surface area contributed by atoms with Gasteiger partial charge in [0.05, 0.1) is 6.61 Å². The molecule has 0 amide bonds. The predicted octanol–water partition coefficient (Wildman–Crippen LogP) is 1.90. The summed E-state index contributed by atoms with van der Waals surface area (Å²) >= 11 is 0. The van der Waals surface area contributed by atoms with Crippen LogP contribution in [0.15, 0.2) is 12.2 Å². The molecule has 0 aromatic rings. The highest BCUT2D eigenvalue weighted by Crippen LogP contribution is 2.10. The number of carboxylic acid groups (broad SMARTS) is 1. The highest BCUT2D eigenvalue weighted by Gasteiger charge is 2.12. The van der Waals surface area contributed by atoms with Crippen LogP contribution in [-0.2, 0) is 14.3 Å². The maximum atomic E-state index is 10.9. The predicted molar refractivity (Wildman–Crippen MR) is 60.5 cm³/mol. The van der Waals surface area contributed by atoms with Gasteiger partial charge in [-0.15, -0.1) is 0 Å². The van der Waals surface area contributed by atoms with E-state index in [1.165, 1.54) is 0 Å². The van der Waals surface area contributed by atoms with Crippen molar-refractivity contribution in [1.82, 2.24) is 0 Å². The van der Waals surface area contributed by atoms with Gasteiger partial charge in [0.1, 0.15) is 0 Å². The van der Waals surface area contributed by atoms with E-state index in [4.69, 9.17) is 9.84 Å². The Hall–Kier alpha value is -1.10. The summed E-state index contributed by atoms with van der Waals surface area (Å²) in [6.45, 7) is 7.12. The quantitative estimate of drug-likeness (QED) is 0.327. The number of hydrogen-bond acceptors (Lipinski definition) is 3. The lowest BCUT2D eigenvalue weighted by atomic mass is 10.5. The second-order valence-corrected chi connectivity index (χ2v) is 10.1. The molecular formula is C10H18O4Si. The number of esters is 1. The van der Waals surface area contributed by atoms with Gasteiger partial charge in [-0.3, -0.25) is 0 Å². The van der Waals surface area contributed by atoms with Crippen LogP contribution in [0.5, 0.6) is 0 Å². The number of carboxylic acids is 1. The summed E-state index contributed by atoms with van der Waals surface area (Å²) in [7, 11) is -1.07. The van der Waals surface area contributed by atoms with Gasteiger partial charge in [-0.05, 0) is 6.42 Å². The van der Waals surface area contributed by atoms with Gasteiger partial charge < -0.3 is 9.84 Å². The van der Waals surface area contributed by atoms with E-state index in [1.807, 2.05) is 0 Å². The Bertz CT molecular complexity index is 253. The van der Waals surface area contributed by atoms with Crippen LogP contribution in [0.1, 0.15) is 6.42 Å². The molecule has 0 saturated heterocycles. The minimum atomic E-state index is -1.14. The van der Waals surface area contributed by atoms with E-state index in [0.717, 1.165) is 24.6 Å². The summed E-state index contributed by atoms with van der Waals surface area (Å²) in [5, 5.41) is 8.25. The third kappa shape index (κ3) is 10.8. The van der Waals surface area contributed by atoms with Gasteiger partial charge in [0.2, 0.25) is 0 Å². The molecule has 0 heterocycles. The molecule has 4 nitrogen and oxygen atoms in total. The van der Waals surface area contributed by atoms with Gasteiger partial charge in [-0.2, -0.15) is 0 Å². The first kappa shape index (κ1) is 13.9. The van der Waals surface area contributed by atoms with Crippen LogP contribution in [0.25, 0.3) is 0 Å². The van der Waals surface area contributed by atoms with Crippen molar-refractivity contribution in [2.75, 3.05) is 6.61 Å². The Morgan fingerprint density at radius 3 is 2.33 bits per heavy atom. The molecule has 1 N–H and O–H groups in total. The Labute approximate surface area is 90.9 Å². The van der Waals surface area contributed by atoms with Crippen molar-refractivity contribution in [1.29, 1.82) is 0 Å². The van der Waals surface area contributed by atoms with Gasteiger partial charge in [0.25, 0.3) is 0 Å². The number of rotatable bonds is 6. The summed E-state index contributed by atoms with van der Waals surface area (Å²) < 4.78 is 4.82. The fourth-order valence-corrected chi connectivity index (χ4v) is 2.17. The van der Waals surface area contributed by atoms with E-state index in [9.17, 15) is 9.59 Å². The van der Waals surface area contributed by atoms with Crippen molar-refractivity contribution >= 4 is 20.0 Å². The normalized spacial score (nSPS) is 11.7. The van der Waals surface area contributed by atoms with Gasteiger partial charge >= 0.3 is 11.9 Å². The van der Waals surface area contributed by atoms with Crippen molar-refractivity contribution < 1.29 is 19.4 Å². The molecule has 0 atom stereocenters. The van der Waals surface area contributed by atoms with Crippen LogP contribution in [0.3, 0.4) is 0 Å². The van der Waals surface area contributed by atoms with Crippen LogP contribution in [0, 0.1) is 0 Å². The lowest BCUT2D eigenvalue weighted by Crippen LogP contribution is -2.20. The fraction of sp³-hybridized carbons (Fsp3) is 0.600. The van der Waals surface area contributed by atoms with Crippen LogP contribution in [0.4, 0.5) is 0 Å². The summed E-state index contributed by atoms with van der Waals surface area (Å²) in [4.78, 5) is 21.0. The first-order valence-corrected chi connectivity index (χ1v) is 8.60. The van der Waals surface area contributed by atoms with Gasteiger partial charge in [0.15, 0.2) is 0 Å². The van der Waals surface area contributed by atoms with E-state index >= 15 is 0 Å². The molecule has 0 aliphatic rings. The molecule has 0 unspecified atom stereocenters. The minimum absolute atomic E-state index is 0.368. The number of aliphatic carboxylic acids is 1. The van der Waals surface area contributed by atoms with Gasteiger partial charge in [-0.25, -0.2) is 9.59 Å². The largest absolute Gasteiger partial charge is 0.478 e. The number of carbonyl (C=O) groups is 2. The minimum Gasteiger partial charge on any atom is -0.478 e. The summed E-state index contributed by atoms with van der Waals surface area (Å²) in [6, 6.07) is 1.10. The van der Waals surface area contributed by atoms with Crippen LogP contribution >= 0.6 is 0 Å². The zero-order chi connectivity index (χ0) is 11.9. The van der Waals surface area contributed by atoms with E-state index in [-0.39, 0.29) is 0 Å². The van der Waals surface area contributed by atoms with Crippen molar-refractivity contribution in [3.05, 3.63) is 12.2 Å². The third-order valence-electron chi connectivity index (χ3n) is 1.68. The van der Waals surface area contributed by atoms with Crippen molar-refractivity contribution in [2.24, 2.45) is 0 Å². The molecule has 0 spiro atoms. The summed E-state index contributed by atoms with van der Waals surface area (Å²) in [6.07, 6.45) is 2.56. The Morgan fingerprint density at radius 1 is 1.27 bits per heavy atom. The van der Waals surface area contributed by atoms with Gasteiger partial charge in [-0.1, -0.05) is 25.7 Å². The number of ether oxygens (including phenoxy) is 1. The Morgan fingerprint density at radius 2 is 1.87 bits per heavy atom. The Balaban J connectivity index is 3.61. The molecule has 0 aromatic carbocycles. The first-order chi connectivity index (χ1) is 6.81. The van der Waals surface area contributed by atoms with Crippen molar-refractivity contribution in [3.63, 3.8) is 0 Å². The summed E-state index contributed by atoms with van der Waals surface area (Å²) in [5.74, 6) is -1.73. The van der Waals surface area contributed by atoms with Crippen molar-refractivity contribution in [3.8, 4) is 0 Å². The molecule has 0 radical (unpaired) electrons. The SMILES string of the molecule is C[Si](C)(C)CCCOC(=O)/C=C/C(=O)O. The second-order valence-electron chi connectivity index (χ2n) is 4.50. The van der Waals surface area contributed by atoms with Crippen molar-refractivity contribution in [2.45, 2.75) is 32.1 Å². The average molecular weight is 230 g/mol. The molecule has 0 bridgehead atoms. The van der Waals surface area contributed by atoms with Crippen LogP contribution in [-0.4, -0.2) is 31.7 Å². The molecule has 86 valence electrons. The topological polar surface area (TPSA) is 63.6 Å². The monoisotopic (exact) mass is 230 g/mol. The molecule has 0 fully saturated rings. The molecule has 0 rings (SSSR count). The number of hydrogen-bond donors (Lipinski definition) is 1. The lowest BCUT2D eigenvalue weighted by molar-refractivity contribution is -0.138. The van der Waals surface area contributed by atoms with Gasteiger partial charge in [0, 0.05) is 20.2 Å². The molecular weight excluding hydrogens is 212 g/mol. The number of carbonyl (C=O) groups excluding carboxylic acids is 1. The third-order valence-corrected chi connectivity index (χ3v) is 3.53. The first-order valence-electron chi connectivity index (χ1n) is 4.89. The zero-order valence-electron chi connectivity index (χ0n) is 9.45. The van der Waals surface area contributed by atoms with E-state index in [2.05, 4.69) is 19.6 Å². The molecule has 15 heavy (non-hydrogen) atoms. The molecule has 0 aliphatic heterocycles. The van der Waals surface area contributed by atoms with Crippen LogP contribution < -0.4 is 0 Å². The zero-order valence-corrected chi connectivity index (χ0v) is 10.4. The average Bonchev–Trinajstić information content (AvgIpc) is 2.07. The lowest BCUT2D eigenvalue weighted by Gasteiger charge is -2.14. The highest BCUT2D eigenvalue weighted by atomic mass is 28.3. The van der Waals surface area contributed by atoms with E-state index < -0.39 is 20.0 Å². The second kappa shape index (κ2) is 6.39. The Kier molecular flexibility index (Phi) is 5.92. The maximum Gasteiger partial charge on any atom is 0.331 e. The molecule has 5 heteroatoms. The van der Waals surface area contributed by atoms with E-state index in [0.29, 0.717) is 6.61 Å². The molecule has 0 aliphatic carbocycles. The molecule has 0 saturated carbocycles. The smallest absolute Gasteiger partial charge is 0.331 e. The fourth-order valence-electron chi connectivity index (χ4n) is 0.963. The maximum absolute atomic E-state index is 10.9. The van der Waals surface area contributed by atoms with Crippen LogP contribution in [0.2, 0.25) is 25.7 Å². The molecule has 0 aromatic heterocycles.